The van der Waals surface area contributed by atoms with Crippen molar-refractivity contribution >= 4 is 39.8 Å². The number of aryl methyl sites for hydroxylation is 1. The van der Waals surface area contributed by atoms with Gasteiger partial charge in [0.15, 0.2) is 5.11 Å². The normalized spacial score (nSPS) is 10.7. The molecule has 0 amide bonds. The Morgan fingerprint density at radius 3 is 2.62 bits per heavy atom. The SMILES string of the molecule is CNC(=S)N(Cc1ccccc1)Cc1cc2cc(C)c(Cl)cc2[nH]c1=O. The van der Waals surface area contributed by atoms with E-state index in [1.165, 1.54) is 0 Å². The number of nitrogens with one attached hydrogen (secondary N) is 2. The molecule has 0 unspecified atom stereocenters. The highest BCUT2D eigenvalue weighted by molar-refractivity contribution is 7.80. The average molecular weight is 386 g/mol. The van der Waals surface area contributed by atoms with E-state index in [4.69, 9.17) is 23.8 Å². The van der Waals surface area contributed by atoms with Gasteiger partial charge in [-0.15, -0.1) is 0 Å². The van der Waals surface area contributed by atoms with E-state index in [1.807, 2.05) is 54.3 Å². The summed E-state index contributed by atoms with van der Waals surface area (Å²) < 4.78 is 0. The van der Waals surface area contributed by atoms with Gasteiger partial charge in [0.1, 0.15) is 0 Å². The van der Waals surface area contributed by atoms with E-state index in [1.54, 1.807) is 13.1 Å². The summed E-state index contributed by atoms with van der Waals surface area (Å²) in [6, 6.07) is 15.7. The van der Waals surface area contributed by atoms with E-state index in [2.05, 4.69) is 10.3 Å². The smallest absolute Gasteiger partial charge is 0.253 e. The lowest BCUT2D eigenvalue weighted by atomic mass is 10.1. The van der Waals surface area contributed by atoms with Crippen LogP contribution in [-0.2, 0) is 13.1 Å². The van der Waals surface area contributed by atoms with Crippen molar-refractivity contribution in [2.45, 2.75) is 20.0 Å². The largest absolute Gasteiger partial charge is 0.366 e. The van der Waals surface area contributed by atoms with Crippen LogP contribution < -0.4 is 10.9 Å². The fourth-order valence-corrected chi connectivity index (χ4v) is 3.16. The summed E-state index contributed by atoms with van der Waals surface area (Å²) in [5.41, 5.74) is 3.37. The molecule has 2 N–H and O–H groups in total. The molecule has 0 atom stereocenters. The number of thiocarbonyl (C=S) groups is 1. The number of rotatable bonds is 4. The number of H-pyrrole nitrogens is 1. The highest BCUT2D eigenvalue weighted by atomic mass is 35.5. The van der Waals surface area contributed by atoms with E-state index in [0.29, 0.717) is 28.8 Å². The number of hydrogen-bond donors (Lipinski definition) is 2. The number of fused-ring (bicyclic) bond motifs is 1. The van der Waals surface area contributed by atoms with E-state index in [0.717, 1.165) is 22.0 Å². The number of halogens is 1. The Balaban J connectivity index is 1.95. The van der Waals surface area contributed by atoms with Crippen molar-refractivity contribution in [3.05, 3.63) is 80.6 Å². The van der Waals surface area contributed by atoms with Gasteiger partial charge in [-0.3, -0.25) is 4.79 Å². The van der Waals surface area contributed by atoms with Crippen LogP contribution in [0.2, 0.25) is 5.02 Å². The molecular weight excluding hydrogens is 366 g/mol. The van der Waals surface area contributed by atoms with E-state index < -0.39 is 0 Å². The molecule has 3 rings (SSSR count). The summed E-state index contributed by atoms with van der Waals surface area (Å²) in [5.74, 6) is 0. The molecule has 0 fully saturated rings. The Morgan fingerprint density at radius 1 is 1.19 bits per heavy atom. The van der Waals surface area contributed by atoms with E-state index >= 15 is 0 Å². The molecule has 0 radical (unpaired) electrons. The predicted octanol–water partition coefficient (Wildman–Crippen LogP) is 4.00. The summed E-state index contributed by atoms with van der Waals surface area (Å²) in [7, 11) is 1.79. The first-order valence-electron chi connectivity index (χ1n) is 8.30. The molecule has 4 nitrogen and oxygen atoms in total. The molecule has 0 spiro atoms. The van der Waals surface area contributed by atoms with Crippen molar-refractivity contribution < 1.29 is 0 Å². The molecule has 1 heterocycles. The molecule has 26 heavy (non-hydrogen) atoms. The summed E-state index contributed by atoms with van der Waals surface area (Å²) >= 11 is 11.6. The number of nitrogens with zero attached hydrogens (tertiary/aromatic N) is 1. The van der Waals surface area contributed by atoms with Crippen molar-refractivity contribution in [2.75, 3.05) is 7.05 Å². The van der Waals surface area contributed by atoms with Gasteiger partial charge in [-0.25, -0.2) is 0 Å². The minimum Gasteiger partial charge on any atom is -0.366 e. The zero-order chi connectivity index (χ0) is 18.7. The lowest BCUT2D eigenvalue weighted by Crippen LogP contribution is -2.38. The first kappa shape index (κ1) is 18.4. The van der Waals surface area contributed by atoms with Crippen LogP contribution in [0.5, 0.6) is 0 Å². The van der Waals surface area contributed by atoms with Crippen LogP contribution in [0.25, 0.3) is 10.9 Å². The molecule has 6 heteroatoms. The minimum atomic E-state index is -0.130. The fourth-order valence-electron chi connectivity index (χ4n) is 2.87. The van der Waals surface area contributed by atoms with Gasteiger partial charge in [0.05, 0.1) is 6.54 Å². The average Bonchev–Trinajstić information content (AvgIpc) is 2.63. The summed E-state index contributed by atoms with van der Waals surface area (Å²) in [6.45, 7) is 2.99. The molecule has 0 saturated carbocycles. The van der Waals surface area contributed by atoms with Crippen LogP contribution in [-0.4, -0.2) is 22.0 Å². The molecule has 134 valence electrons. The van der Waals surface area contributed by atoms with Crippen molar-refractivity contribution in [3.8, 4) is 0 Å². The van der Waals surface area contributed by atoms with Gasteiger partial charge in [0.25, 0.3) is 5.56 Å². The quantitative estimate of drug-likeness (QED) is 0.666. The van der Waals surface area contributed by atoms with Gasteiger partial charge >= 0.3 is 0 Å². The number of pyridine rings is 1. The van der Waals surface area contributed by atoms with Crippen molar-refractivity contribution in [1.29, 1.82) is 0 Å². The fraction of sp³-hybridized carbons (Fsp3) is 0.200. The third kappa shape index (κ3) is 4.06. The zero-order valence-corrected chi connectivity index (χ0v) is 16.2. The molecule has 2 aromatic carbocycles. The van der Waals surface area contributed by atoms with Crippen molar-refractivity contribution in [2.24, 2.45) is 0 Å². The molecule has 3 aromatic rings. The van der Waals surface area contributed by atoms with Crippen LogP contribution in [0, 0.1) is 6.92 Å². The Labute approximate surface area is 162 Å². The molecule has 1 aromatic heterocycles. The monoisotopic (exact) mass is 385 g/mol. The second-order valence-corrected chi connectivity index (χ2v) is 7.00. The second-order valence-electron chi connectivity index (χ2n) is 6.21. The van der Waals surface area contributed by atoms with Gasteiger partial charge in [0.2, 0.25) is 0 Å². The van der Waals surface area contributed by atoms with Gasteiger partial charge < -0.3 is 15.2 Å². The molecule has 0 aliphatic heterocycles. The Hall–Kier alpha value is -2.37. The summed E-state index contributed by atoms with van der Waals surface area (Å²) in [4.78, 5) is 17.4. The first-order chi connectivity index (χ1) is 12.5. The van der Waals surface area contributed by atoms with Crippen LogP contribution in [0.1, 0.15) is 16.7 Å². The number of benzene rings is 2. The minimum absolute atomic E-state index is 0.130. The molecular formula is C20H20ClN3OS. The molecule has 0 bridgehead atoms. The number of aromatic nitrogens is 1. The Kier molecular flexibility index (Phi) is 5.59. The highest BCUT2D eigenvalue weighted by Crippen LogP contribution is 2.22. The summed E-state index contributed by atoms with van der Waals surface area (Å²) in [5, 5.41) is 5.20. The third-order valence-corrected chi connectivity index (χ3v) is 5.15. The van der Waals surface area contributed by atoms with E-state index in [-0.39, 0.29) is 5.56 Å². The lowest BCUT2D eigenvalue weighted by molar-refractivity contribution is 0.401. The van der Waals surface area contributed by atoms with Crippen LogP contribution in [0.3, 0.4) is 0 Å². The molecule has 0 saturated heterocycles. The first-order valence-corrected chi connectivity index (χ1v) is 9.09. The molecule has 0 aliphatic carbocycles. The maximum absolute atomic E-state index is 12.5. The Morgan fingerprint density at radius 2 is 1.92 bits per heavy atom. The standard InChI is InChI=1S/C20H20ClN3OS/c1-13-8-15-9-16(19(25)23-18(15)10-17(13)21)12-24(20(26)22-2)11-14-6-4-3-5-7-14/h3-10H,11-12H2,1-2H3,(H,22,26)(H,23,25). The zero-order valence-electron chi connectivity index (χ0n) is 14.7. The topological polar surface area (TPSA) is 48.1 Å². The van der Waals surface area contributed by atoms with Crippen LogP contribution >= 0.6 is 23.8 Å². The van der Waals surface area contributed by atoms with Gasteiger partial charge in [-0.2, -0.15) is 0 Å². The van der Waals surface area contributed by atoms with Gasteiger partial charge in [-0.05, 0) is 53.9 Å². The maximum atomic E-state index is 12.5. The van der Waals surface area contributed by atoms with Gasteiger partial charge in [-0.1, -0.05) is 41.9 Å². The van der Waals surface area contributed by atoms with Crippen LogP contribution in [0.4, 0.5) is 0 Å². The highest BCUT2D eigenvalue weighted by Gasteiger charge is 2.13. The van der Waals surface area contributed by atoms with Crippen molar-refractivity contribution in [3.63, 3.8) is 0 Å². The van der Waals surface area contributed by atoms with E-state index in [9.17, 15) is 4.79 Å². The Bertz CT molecular complexity index is 1000. The van der Waals surface area contributed by atoms with Crippen molar-refractivity contribution in [1.82, 2.24) is 15.2 Å². The predicted molar refractivity (Wildman–Crippen MR) is 112 cm³/mol. The number of hydrogen-bond acceptors (Lipinski definition) is 2. The number of aromatic amines is 1. The summed E-state index contributed by atoms with van der Waals surface area (Å²) in [6.07, 6.45) is 0. The molecule has 0 aliphatic rings. The third-order valence-electron chi connectivity index (χ3n) is 4.28. The lowest BCUT2D eigenvalue weighted by Gasteiger charge is -2.25. The maximum Gasteiger partial charge on any atom is 0.253 e. The van der Waals surface area contributed by atoms with Gasteiger partial charge in [0, 0.05) is 29.7 Å². The second kappa shape index (κ2) is 7.89. The van der Waals surface area contributed by atoms with Crippen LogP contribution in [0.15, 0.2) is 53.3 Å².